The molecule has 0 aliphatic heterocycles. The lowest BCUT2D eigenvalue weighted by atomic mass is 10.0. The van der Waals surface area contributed by atoms with E-state index in [0.29, 0.717) is 51.0 Å². The van der Waals surface area contributed by atoms with Gasteiger partial charge < -0.3 is 19.9 Å². The van der Waals surface area contributed by atoms with Crippen LogP contribution in [-0.4, -0.2) is 39.4 Å². The van der Waals surface area contributed by atoms with Gasteiger partial charge in [0.05, 0.1) is 35.2 Å². The summed E-state index contributed by atoms with van der Waals surface area (Å²) < 4.78 is 7.20. The molecule has 0 aliphatic rings. The third-order valence-electron chi connectivity index (χ3n) is 5.27. The van der Waals surface area contributed by atoms with Gasteiger partial charge in [0, 0.05) is 11.6 Å². The zero-order chi connectivity index (χ0) is 26.2. The molecule has 8 nitrogen and oxygen atoms in total. The molecule has 2 N–H and O–H groups in total. The Hall–Kier alpha value is -2.75. The smallest absolute Gasteiger partial charge is 0.253 e. The molecule has 3 aromatic rings. The SMILES string of the molecule is CCn1c(SCC(=O)Nc2cc(Cl)ccc2OC)nnc1[C@@H](CC(C)C)NC(=O)c1ccccc1Cl. The number of nitrogens with one attached hydrogen (secondary N) is 2. The number of anilines is 1. The van der Waals surface area contributed by atoms with Crippen LogP contribution in [0.4, 0.5) is 5.69 Å². The number of hydrogen-bond donors (Lipinski definition) is 2. The Labute approximate surface area is 225 Å². The van der Waals surface area contributed by atoms with E-state index in [-0.39, 0.29) is 29.5 Å². The summed E-state index contributed by atoms with van der Waals surface area (Å²) in [6.07, 6.45) is 0.661. The summed E-state index contributed by atoms with van der Waals surface area (Å²) in [7, 11) is 1.52. The number of aromatic nitrogens is 3. The number of hydrogen-bond acceptors (Lipinski definition) is 6. The van der Waals surface area contributed by atoms with Crippen LogP contribution >= 0.6 is 35.0 Å². The monoisotopic (exact) mass is 549 g/mol. The molecule has 2 aromatic carbocycles. The second-order valence-corrected chi connectivity index (χ2v) is 10.2. The highest BCUT2D eigenvalue weighted by Crippen LogP contribution is 2.29. The second kappa shape index (κ2) is 13.0. The van der Waals surface area contributed by atoms with Gasteiger partial charge in [0.25, 0.3) is 5.91 Å². The Morgan fingerprint density at radius 1 is 1.14 bits per heavy atom. The average molecular weight is 551 g/mol. The minimum Gasteiger partial charge on any atom is -0.495 e. The topological polar surface area (TPSA) is 98.1 Å². The number of nitrogens with zero attached hydrogens (tertiary/aromatic N) is 3. The maximum Gasteiger partial charge on any atom is 0.253 e. The number of carbonyl (C=O) groups excluding carboxylic acids is 2. The molecule has 1 aromatic heterocycles. The van der Waals surface area contributed by atoms with Crippen molar-refractivity contribution in [2.75, 3.05) is 18.2 Å². The zero-order valence-corrected chi connectivity index (χ0v) is 22.9. The van der Waals surface area contributed by atoms with E-state index in [4.69, 9.17) is 27.9 Å². The number of methoxy groups -OCH3 is 1. The molecule has 1 atom stereocenters. The first-order valence-corrected chi connectivity index (χ1v) is 13.2. The minimum atomic E-state index is -0.375. The Bertz CT molecular complexity index is 1220. The van der Waals surface area contributed by atoms with Gasteiger partial charge in [-0.25, -0.2) is 0 Å². The molecule has 0 fully saturated rings. The summed E-state index contributed by atoms with van der Waals surface area (Å²) in [5, 5.41) is 16.0. The van der Waals surface area contributed by atoms with Gasteiger partial charge in [0.2, 0.25) is 5.91 Å². The van der Waals surface area contributed by atoms with Crippen molar-refractivity contribution in [3.8, 4) is 5.75 Å². The van der Waals surface area contributed by atoms with Crippen molar-refractivity contribution in [1.29, 1.82) is 0 Å². The molecule has 2 amide bonds. The van der Waals surface area contributed by atoms with Crippen molar-refractivity contribution >= 4 is 52.5 Å². The average Bonchev–Trinajstić information content (AvgIpc) is 3.25. The molecular formula is C25H29Cl2N5O3S. The van der Waals surface area contributed by atoms with E-state index in [2.05, 4.69) is 34.7 Å². The highest BCUT2D eigenvalue weighted by atomic mass is 35.5. The van der Waals surface area contributed by atoms with Crippen LogP contribution < -0.4 is 15.4 Å². The maximum absolute atomic E-state index is 13.0. The van der Waals surface area contributed by atoms with Gasteiger partial charge >= 0.3 is 0 Å². The molecule has 0 radical (unpaired) electrons. The van der Waals surface area contributed by atoms with Crippen molar-refractivity contribution in [3.05, 3.63) is 63.9 Å². The lowest BCUT2D eigenvalue weighted by Crippen LogP contribution is -2.31. The summed E-state index contributed by atoms with van der Waals surface area (Å²) in [6, 6.07) is 11.6. The van der Waals surface area contributed by atoms with Crippen LogP contribution in [0.2, 0.25) is 10.0 Å². The van der Waals surface area contributed by atoms with Gasteiger partial charge in [0.1, 0.15) is 5.75 Å². The first-order valence-electron chi connectivity index (χ1n) is 11.5. The lowest BCUT2D eigenvalue weighted by molar-refractivity contribution is -0.113. The molecule has 1 heterocycles. The van der Waals surface area contributed by atoms with E-state index < -0.39 is 0 Å². The van der Waals surface area contributed by atoms with Crippen molar-refractivity contribution in [3.63, 3.8) is 0 Å². The van der Waals surface area contributed by atoms with Gasteiger partial charge in [-0.05, 0) is 49.6 Å². The van der Waals surface area contributed by atoms with E-state index in [1.54, 1.807) is 42.5 Å². The summed E-state index contributed by atoms with van der Waals surface area (Å²) in [4.78, 5) is 25.6. The summed E-state index contributed by atoms with van der Waals surface area (Å²) in [5.41, 5.74) is 0.894. The largest absolute Gasteiger partial charge is 0.495 e. The van der Waals surface area contributed by atoms with Crippen LogP contribution in [0.25, 0.3) is 0 Å². The molecule has 0 saturated heterocycles. The van der Waals surface area contributed by atoms with Gasteiger partial charge in [0.15, 0.2) is 11.0 Å². The predicted molar refractivity (Wildman–Crippen MR) is 144 cm³/mol. The van der Waals surface area contributed by atoms with E-state index >= 15 is 0 Å². The van der Waals surface area contributed by atoms with Gasteiger partial charge in [-0.2, -0.15) is 0 Å². The number of ether oxygens (including phenoxy) is 1. The molecule has 11 heteroatoms. The number of benzene rings is 2. The van der Waals surface area contributed by atoms with Gasteiger partial charge in [-0.1, -0.05) is 60.9 Å². The number of thioether (sulfide) groups is 1. The highest BCUT2D eigenvalue weighted by Gasteiger charge is 2.25. The predicted octanol–water partition coefficient (Wildman–Crippen LogP) is 5.86. The summed E-state index contributed by atoms with van der Waals surface area (Å²) in [6.45, 7) is 6.69. The Kier molecular flexibility index (Phi) is 10.0. The summed E-state index contributed by atoms with van der Waals surface area (Å²) in [5.74, 6) is 1.03. The third kappa shape index (κ3) is 7.15. The minimum absolute atomic E-state index is 0.106. The second-order valence-electron chi connectivity index (χ2n) is 8.40. The number of carbonyl (C=O) groups is 2. The van der Waals surface area contributed by atoms with Crippen molar-refractivity contribution in [1.82, 2.24) is 20.1 Å². The fourth-order valence-electron chi connectivity index (χ4n) is 3.64. The molecule has 192 valence electrons. The number of rotatable bonds is 11. The molecular weight excluding hydrogens is 521 g/mol. The van der Waals surface area contributed by atoms with E-state index in [9.17, 15) is 9.59 Å². The van der Waals surface area contributed by atoms with Crippen LogP contribution in [0, 0.1) is 5.92 Å². The van der Waals surface area contributed by atoms with E-state index in [0.717, 1.165) is 0 Å². The first kappa shape index (κ1) is 27.8. The molecule has 0 aliphatic carbocycles. The molecule has 0 bridgehead atoms. The molecule has 0 unspecified atom stereocenters. The molecule has 3 rings (SSSR count). The fourth-order valence-corrected chi connectivity index (χ4v) is 4.84. The van der Waals surface area contributed by atoms with E-state index in [1.165, 1.54) is 18.9 Å². The quantitative estimate of drug-likeness (QED) is 0.290. The first-order chi connectivity index (χ1) is 17.2. The standard InChI is InChI=1S/C25H29Cl2N5O3S/c1-5-32-23(20(12-15(2)3)29-24(34)17-8-6-7-9-18(17)27)30-31-25(32)36-14-22(33)28-19-13-16(26)10-11-21(19)35-4/h6-11,13,15,20H,5,12,14H2,1-4H3,(H,28,33)(H,29,34)/t20-/m1/s1. The molecule has 0 spiro atoms. The maximum atomic E-state index is 13.0. The number of halogens is 2. The van der Waals surface area contributed by atoms with Crippen LogP contribution in [0.1, 0.15) is 49.4 Å². The van der Waals surface area contributed by atoms with Crippen LogP contribution in [0.15, 0.2) is 47.6 Å². The zero-order valence-electron chi connectivity index (χ0n) is 20.5. The van der Waals surface area contributed by atoms with Gasteiger partial charge in [-0.3, -0.25) is 9.59 Å². The van der Waals surface area contributed by atoms with Crippen molar-refractivity contribution in [2.45, 2.75) is 44.9 Å². The molecule has 36 heavy (non-hydrogen) atoms. The third-order valence-corrected chi connectivity index (χ3v) is 6.80. The normalized spacial score (nSPS) is 11.9. The Morgan fingerprint density at radius 2 is 1.89 bits per heavy atom. The van der Waals surface area contributed by atoms with Gasteiger partial charge in [-0.15, -0.1) is 10.2 Å². The van der Waals surface area contributed by atoms with Crippen molar-refractivity contribution in [2.24, 2.45) is 5.92 Å². The highest BCUT2D eigenvalue weighted by molar-refractivity contribution is 7.99. The lowest BCUT2D eigenvalue weighted by Gasteiger charge is -2.21. The Balaban J connectivity index is 1.75. The molecule has 0 saturated carbocycles. The fraction of sp³-hybridized carbons (Fsp3) is 0.360. The summed E-state index contributed by atoms with van der Waals surface area (Å²) >= 11 is 13.5. The van der Waals surface area contributed by atoms with Crippen LogP contribution in [-0.2, 0) is 11.3 Å². The van der Waals surface area contributed by atoms with Crippen molar-refractivity contribution < 1.29 is 14.3 Å². The Morgan fingerprint density at radius 3 is 2.56 bits per heavy atom. The van der Waals surface area contributed by atoms with Crippen LogP contribution in [0.5, 0.6) is 5.75 Å². The van der Waals surface area contributed by atoms with Crippen LogP contribution in [0.3, 0.4) is 0 Å². The number of amides is 2. The van der Waals surface area contributed by atoms with E-state index in [1.807, 2.05) is 11.5 Å².